The molecule has 0 amide bonds. The summed E-state index contributed by atoms with van der Waals surface area (Å²) in [5.74, 6) is -0.258. The second kappa shape index (κ2) is 7.61. The normalized spacial score (nSPS) is 14.3. The Labute approximate surface area is 156 Å². The first kappa shape index (κ1) is 18.6. The van der Waals surface area contributed by atoms with Crippen LogP contribution in [0.1, 0.15) is 35.3 Å². The van der Waals surface area contributed by atoms with Crippen LogP contribution < -0.4 is 9.47 Å². The quantitative estimate of drug-likeness (QED) is 0.586. The summed E-state index contributed by atoms with van der Waals surface area (Å²) in [6.45, 7) is 5.01. The summed E-state index contributed by atoms with van der Waals surface area (Å²) in [6.07, 6.45) is 1.27. The molecule has 140 valence electrons. The molecule has 1 heterocycles. The number of Topliss-reactive ketones (excluding diaryl/α,β-unsaturated/α-hetero) is 1. The molecule has 2 aromatic rings. The fourth-order valence-electron chi connectivity index (χ4n) is 2.71. The lowest BCUT2D eigenvalue weighted by Gasteiger charge is -2.12. The topological polar surface area (TPSA) is 61.8 Å². The largest absolute Gasteiger partial charge is 0.481 e. The summed E-state index contributed by atoms with van der Waals surface area (Å²) >= 11 is 0. The SMILES string of the molecule is Cc1c(OCC(=O)OC(C)C)ccc2c1O/C(=C\c1cccc(F)c1)C2=O. The number of hydrogen-bond acceptors (Lipinski definition) is 5. The van der Waals surface area contributed by atoms with Crippen molar-refractivity contribution in [1.29, 1.82) is 0 Å². The lowest BCUT2D eigenvalue weighted by atomic mass is 10.1. The Morgan fingerprint density at radius 1 is 1.26 bits per heavy atom. The van der Waals surface area contributed by atoms with Gasteiger partial charge in [-0.25, -0.2) is 9.18 Å². The standard InChI is InChI=1S/C21H19FO5/c1-12(2)26-19(23)11-25-17-8-7-16-20(24)18(27-21(16)13(17)3)10-14-5-4-6-15(22)9-14/h4-10,12H,11H2,1-3H3/b18-10-. The zero-order chi connectivity index (χ0) is 19.6. The molecule has 0 saturated carbocycles. The van der Waals surface area contributed by atoms with Crippen molar-refractivity contribution in [1.82, 2.24) is 0 Å². The van der Waals surface area contributed by atoms with Crippen molar-refractivity contribution in [2.45, 2.75) is 26.9 Å². The van der Waals surface area contributed by atoms with Crippen LogP contribution in [0.5, 0.6) is 11.5 Å². The molecule has 0 saturated heterocycles. The fourth-order valence-corrected chi connectivity index (χ4v) is 2.71. The molecule has 0 aromatic heterocycles. The van der Waals surface area contributed by atoms with Crippen molar-refractivity contribution >= 4 is 17.8 Å². The number of ether oxygens (including phenoxy) is 3. The maximum absolute atomic E-state index is 13.3. The van der Waals surface area contributed by atoms with Crippen LogP contribution in [-0.4, -0.2) is 24.5 Å². The van der Waals surface area contributed by atoms with E-state index in [2.05, 4.69) is 0 Å². The molecule has 0 spiro atoms. The van der Waals surface area contributed by atoms with Crippen LogP contribution in [-0.2, 0) is 9.53 Å². The molecule has 27 heavy (non-hydrogen) atoms. The summed E-state index contributed by atoms with van der Waals surface area (Å²) < 4.78 is 29.6. The summed E-state index contributed by atoms with van der Waals surface area (Å²) in [6, 6.07) is 9.07. The van der Waals surface area contributed by atoms with Gasteiger partial charge in [-0.2, -0.15) is 0 Å². The molecule has 1 aliphatic rings. The molecule has 0 N–H and O–H groups in total. The van der Waals surface area contributed by atoms with E-state index in [0.717, 1.165) is 0 Å². The maximum atomic E-state index is 13.3. The van der Waals surface area contributed by atoms with Gasteiger partial charge in [-0.1, -0.05) is 12.1 Å². The Balaban J connectivity index is 1.80. The summed E-state index contributed by atoms with van der Waals surface area (Å²) in [4.78, 5) is 24.2. The molecule has 0 unspecified atom stereocenters. The lowest BCUT2D eigenvalue weighted by molar-refractivity contribution is -0.149. The van der Waals surface area contributed by atoms with Crippen molar-refractivity contribution in [3.05, 3.63) is 64.7 Å². The minimum absolute atomic E-state index is 0.107. The van der Waals surface area contributed by atoms with Crippen molar-refractivity contribution in [3.63, 3.8) is 0 Å². The average Bonchev–Trinajstić information content (AvgIpc) is 2.91. The van der Waals surface area contributed by atoms with Gasteiger partial charge in [-0.05, 0) is 56.7 Å². The van der Waals surface area contributed by atoms with Crippen LogP contribution >= 0.6 is 0 Å². The first-order valence-corrected chi connectivity index (χ1v) is 8.51. The molecule has 0 atom stereocenters. The number of ketones is 1. The molecular weight excluding hydrogens is 351 g/mol. The van der Waals surface area contributed by atoms with Crippen LogP contribution in [0.3, 0.4) is 0 Å². The minimum Gasteiger partial charge on any atom is -0.481 e. The van der Waals surface area contributed by atoms with Crippen molar-refractivity contribution < 1.29 is 28.2 Å². The van der Waals surface area contributed by atoms with E-state index in [1.807, 2.05) is 0 Å². The third kappa shape index (κ3) is 4.16. The number of benzene rings is 2. The van der Waals surface area contributed by atoms with Gasteiger partial charge >= 0.3 is 5.97 Å². The molecule has 0 radical (unpaired) electrons. The number of allylic oxidation sites excluding steroid dienone is 1. The van der Waals surface area contributed by atoms with Crippen LogP contribution in [0.2, 0.25) is 0 Å². The van der Waals surface area contributed by atoms with E-state index in [1.165, 1.54) is 18.2 Å². The molecule has 0 fully saturated rings. The highest BCUT2D eigenvalue weighted by atomic mass is 19.1. The van der Waals surface area contributed by atoms with Crippen LogP contribution in [0.25, 0.3) is 6.08 Å². The van der Waals surface area contributed by atoms with E-state index in [1.54, 1.807) is 45.0 Å². The first-order chi connectivity index (χ1) is 12.8. The van der Waals surface area contributed by atoms with Gasteiger partial charge in [-0.3, -0.25) is 4.79 Å². The summed E-state index contributed by atoms with van der Waals surface area (Å²) in [5.41, 5.74) is 1.52. The molecule has 6 heteroatoms. The zero-order valence-corrected chi connectivity index (χ0v) is 15.2. The van der Waals surface area contributed by atoms with Gasteiger partial charge in [0.15, 0.2) is 12.4 Å². The number of carbonyl (C=O) groups excluding carboxylic acids is 2. The van der Waals surface area contributed by atoms with E-state index in [9.17, 15) is 14.0 Å². The third-order valence-corrected chi connectivity index (χ3v) is 3.90. The highest BCUT2D eigenvalue weighted by molar-refractivity contribution is 6.14. The molecule has 2 aromatic carbocycles. The molecule has 0 bridgehead atoms. The fraction of sp³-hybridized carbons (Fsp3) is 0.238. The molecule has 0 aliphatic carbocycles. The smallest absolute Gasteiger partial charge is 0.344 e. The Kier molecular flexibility index (Phi) is 5.26. The number of fused-ring (bicyclic) bond motifs is 1. The highest BCUT2D eigenvalue weighted by Gasteiger charge is 2.30. The highest BCUT2D eigenvalue weighted by Crippen LogP contribution is 2.39. The number of carbonyl (C=O) groups is 2. The van der Waals surface area contributed by atoms with Gasteiger partial charge in [0.25, 0.3) is 0 Å². The molecule has 1 aliphatic heterocycles. The minimum atomic E-state index is -0.478. The van der Waals surface area contributed by atoms with Crippen molar-refractivity contribution in [2.24, 2.45) is 0 Å². The summed E-state index contributed by atoms with van der Waals surface area (Å²) in [7, 11) is 0. The average molecular weight is 370 g/mol. The zero-order valence-electron chi connectivity index (χ0n) is 15.2. The molecule has 3 rings (SSSR count). The predicted octanol–water partition coefficient (Wildman–Crippen LogP) is 4.08. The Hall–Kier alpha value is -3.15. The number of esters is 1. The van der Waals surface area contributed by atoms with Crippen LogP contribution in [0, 0.1) is 12.7 Å². The lowest BCUT2D eigenvalue weighted by Crippen LogP contribution is -2.19. The van der Waals surface area contributed by atoms with E-state index in [0.29, 0.717) is 28.2 Å². The summed E-state index contributed by atoms with van der Waals surface area (Å²) in [5, 5.41) is 0. The Bertz CT molecular complexity index is 930. The van der Waals surface area contributed by atoms with Crippen LogP contribution in [0.15, 0.2) is 42.2 Å². The van der Waals surface area contributed by atoms with Crippen LogP contribution in [0.4, 0.5) is 4.39 Å². The first-order valence-electron chi connectivity index (χ1n) is 8.51. The van der Waals surface area contributed by atoms with Gasteiger partial charge in [0, 0.05) is 5.56 Å². The molecular formula is C21H19FO5. The van der Waals surface area contributed by atoms with Crippen molar-refractivity contribution in [3.8, 4) is 11.5 Å². The number of rotatable bonds is 5. The van der Waals surface area contributed by atoms with Gasteiger partial charge in [0.1, 0.15) is 17.3 Å². The van der Waals surface area contributed by atoms with Crippen molar-refractivity contribution in [2.75, 3.05) is 6.61 Å². The van der Waals surface area contributed by atoms with Gasteiger partial charge in [0.2, 0.25) is 5.78 Å². The monoisotopic (exact) mass is 370 g/mol. The second-order valence-corrected chi connectivity index (χ2v) is 6.39. The molecule has 5 nitrogen and oxygen atoms in total. The predicted molar refractivity (Wildman–Crippen MR) is 97.2 cm³/mol. The van der Waals surface area contributed by atoms with E-state index in [4.69, 9.17) is 14.2 Å². The van der Waals surface area contributed by atoms with E-state index < -0.39 is 11.8 Å². The Morgan fingerprint density at radius 2 is 2.04 bits per heavy atom. The number of hydrogen-bond donors (Lipinski definition) is 0. The Morgan fingerprint density at radius 3 is 2.74 bits per heavy atom. The number of halogens is 1. The third-order valence-electron chi connectivity index (χ3n) is 3.90. The van der Waals surface area contributed by atoms with E-state index in [-0.39, 0.29) is 24.3 Å². The second-order valence-electron chi connectivity index (χ2n) is 6.39. The van der Waals surface area contributed by atoms with Gasteiger partial charge in [-0.15, -0.1) is 0 Å². The van der Waals surface area contributed by atoms with E-state index >= 15 is 0 Å². The maximum Gasteiger partial charge on any atom is 0.344 e. The van der Waals surface area contributed by atoms with Gasteiger partial charge in [0.05, 0.1) is 11.7 Å². The van der Waals surface area contributed by atoms with Gasteiger partial charge < -0.3 is 14.2 Å².